The van der Waals surface area contributed by atoms with Crippen molar-refractivity contribution in [2.24, 2.45) is 0 Å². The summed E-state index contributed by atoms with van der Waals surface area (Å²) < 4.78 is 6.35. The summed E-state index contributed by atoms with van der Waals surface area (Å²) in [5.74, 6) is -0.458. The lowest BCUT2D eigenvalue weighted by Crippen LogP contribution is -2.27. The van der Waals surface area contributed by atoms with Crippen LogP contribution in [-0.4, -0.2) is 28.6 Å². The molecule has 0 saturated carbocycles. The number of ether oxygens (including phenoxy) is 1. The predicted molar refractivity (Wildman–Crippen MR) is 143 cm³/mol. The van der Waals surface area contributed by atoms with Crippen LogP contribution in [0.1, 0.15) is 11.1 Å². The Kier molecular flexibility index (Phi) is 8.18. The van der Waals surface area contributed by atoms with Gasteiger partial charge >= 0.3 is 0 Å². The van der Waals surface area contributed by atoms with Crippen molar-refractivity contribution in [2.75, 3.05) is 11.9 Å². The van der Waals surface area contributed by atoms with Crippen LogP contribution in [-0.2, 0) is 16.1 Å². The average Bonchev–Trinajstić information content (AvgIpc) is 3.08. The van der Waals surface area contributed by atoms with Crippen LogP contribution >= 0.6 is 50.9 Å². The van der Waals surface area contributed by atoms with Gasteiger partial charge in [0.2, 0.25) is 0 Å². The van der Waals surface area contributed by atoms with E-state index in [0.29, 0.717) is 26.9 Å². The number of amides is 3. The molecule has 1 aliphatic rings. The molecule has 3 amide bonds. The number of carbonyl (C=O) groups excluding carboxylic acids is 3. The number of hydrogen-bond acceptors (Lipinski definition) is 5. The van der Waals surface area contributed by atoms with Gasteiger partial charge in [0.1, 0.15) is 5.75 Å². The molecule has 0 spiro atoms. The molecule has 3 aromatic rings. The molecule has 178 valence electrons. The minimum Gasteiger partial charge on any atom is -0.482 e. The van der Waals surface area contributed by atoms with Crippen LogP contribution in [0.2, 0.25) is 10.0 Å². The lowest BCUT2D eigenvalue weighted by Gasteiger charge is -2.13. The zero-order valence-corrected chi connectivity index (χ0v) is 21.9. The Morgan fingerprint density at radius 1 is 1.03 bits per heavy atom. The zero-order chi connectivity index (χ0) is 24.9. The van der Waals surface area contributed by atoms with Crippen molar-refractivity contribution in [1.82, 2.24) is 4.90 Å². The number of hydrogen-bond donors (Lipinski definition) is 1. The number of carbonyl (C=O) groups is 3. The number of anilines is 1. The second-order valence-electron chi connectivity index (χ2n) is 7.37. The van der Waals surface area contributed by atoms with Gasteiger partial charge in [0.15, 0.2) is 6.61 Å². The average molecular weight is 592 g/mol. The maximum absolute atomic E-state index is 12.8. The van der Waals surface area contributed by atoms with Crippen LogP contribution in [0.25, 0.3) is 6.08 Å². The van der Waals surface area contributed by atoms with Gasteiger partial charge in [-0.05, 0) is 59.3 Å². The summed E-state index contributed by atoms with van der Waals surface area (Å²) >= 11 is 16.7. The molecule has 10 heteroatoms. The van der Waals surface area contributed by atoms with E-state index in [0.717, 1.165) is 21.8 Å². The number of rotatable bonds is 7. The first-order valence-electron chi connectivity index (χ1n) is 10.3. The fourth-order valence-corrected chi connectivity index (χ4v) is 4.88. The van der Waals surface area contributed by atoms with Crippen LogP contribution in [0.4, 0.5) is 10.5 Å². The number of nitrogens with zero attached hydrogens (tertiary/aromatic N) is 1. The number of imide groups is 1. The fraction of sp³-hybridized carbons (Fsp3) is 0.0800. The summed E-state index contributed by atoms with van der Waals surface area (Å²) in [7, 11) is 0. The highest BCUT2D eigenvalue weighted by molar-refractivity contribution is 9.10. The number of thioether (sulfide) groups is 1. The van der Waals surface area contributed by atoms with Crippen LogP contribution < -0.4 is 10.1 Å². The van der Waals surface area contributed by atoms with Crippen molar-refractivity contribution in [1.29, 1.82) is 0 Å². The molecule has 1 saturated heterocycles. The quantitative estimate of drug-likeness (QED) is 0.299. The molecule has 0 aromatic heterocycles. The third kappa shape index (κ3) is 6.27. The van der Waals surface area contributed by atoms with Crippen molar-refractivity contribution in [3.63, 3.8) is 0 Å². The maximum atomic E-state index is 12.8. The highest BCUT2D eigenvalue weighted by Gasteiger charge is 2.35. The van der Waals surface area contributed by atoms with E-state index in [1.165, 1.54) is 4.90 Å². The van der Waals surface area contributed by atoms with E-state index in [-0.39, 0.29) is 29.3 Å². The summed E-state index contributed by atoms with van der Waals surface area (Å²) in [4.78, 5) is 38.9. The molecule has 4 rings (SSSR count). The molecule has 1 heterocycles. The van der Waals surface area contributed by atoms with Crippen molar-refractivity contribution >= 4 is 79.7 Å². The summed E-state index contributed by atoms with van der Waals surface area (Å²) in [6.45, 7) is -0.0918. The first-order chi connectivity index (χ1) is 16.8. The van der Waals surface area contributed by atoms with E-state index in [1.54, 1.807) is 48.5 Å². The normalized spacial score (nSPS) is 14.5. The van der Waals surface area contributed by atoms with E-state index in [4.69, 9.17) is 27.9 Å². The Morgan fingerprint density at radius 3 is 2.51 bits per heavy atom. The Hall–Kier alpha value is -2.78. The van der Waals surface area contributed by atoms with Gasteiger partial charge in [-0.25, -0.2) is 0 Å². The van der Waals surface area contributed by atoms with E-state index in [2.05, 4.69) is 21.2 Å². The number of nitrogens with one attached hydrogen (secondary N) is 1. The first kappa shape index (κ1) is 25.3. The van der Waals surface area contributed by atoms with Gasteiger partial charge in [-0.2, -0.15) is 0 Å². The van der Waals surface area contributed by atoms with Crippen LogP contribution in [0.3, 0.4) is 0 Å². The molecule has 6 nitrogen and oxygen atoms in total. The smallest absolute Gasteiger partial charge is 0.293 e. The fourth-order valence-electron chi connectivity index (χ4n) is 3.20. The molecular formula is C25H17BrCl2N2O4S. The number of para-hydroxylation sites is 1. The second kappa shape index (κ2) is 11.3. The summed E-state index contributed by atoms with van der Waals surface area (Å²) in [6.07, 6.45) is 1.60. The standard InChI is InChI=1S/C25H17BrCl2N2O4S/c26-17-6-2-1-5-16(17)13-30-24(32)22(35-25(30)33)12-15-9-10-21(19(28)11-15)34-14-23(31)29-20-8-4-3-7-18(20)27/h1-12H,13-14H2,(H,29,31)/b22-12-. The van der Waals surface area contributed by atoms with Crippen molar-refractivity contribution in [3.8, 4) is 5.75 Å². The van der Waals surface area contributed by atoms with Gasteiger partial charge in [-0.1, -0.05) is 75.5 Å². The summed E-state index contributed by atoms with van der Waals surface area (Å²) in [5.41, 5.74) is 1.94. The Morgan fingerprint density at radius 2 is 1.77 bits per heavy atom. The molecule has 1 aliphatic heterocycles. The van der Waals surface area contributed by atoms with Gasteiger partial charge in [0, 0.05) is 4.47 Å². The van der Waals surface area contributed by atoms with Gasteiger partial charge in [-0.15, -0.1) is 0 Å². The number of halogens is 3. The lowest BCUT2D eigenvalue weighted by atomic mass is 10.2. The van der Waals surface area contributed by atoms with Crippen LogP contribution in [0.15, 0.2) is 76.1 Å². The molecule has 35 heavy (non-hydrogen) atoms. The third-order valence-corrected chi connectivity index (χ3v) is 7.23. The Balaban J connectivity index is 1.40. The van der Waals surface area contributed by atoms with Crippen molar-refractivity contribution in [2.45, 2.75) is 6.54 Å². The molecule has 0 radical (unpaired) electrons. The second-order valence-corrected chi connectivity index (χ2v) is 10.0. The van der Waals surface area contributed by atoms with E-state index < -0.39 is 5.91 Å². The van der Waals surface area contributed by atoms with Gasteiger partial charge < -0.3 is 10.1 Å². The molecule has 1 fully saturated rings. The summed E-state index contributed by atoms with van der Waals surface area (Å²) in [6, 6.07) is 19.2. The molecule has 1 N–H and O–H groups in total. The summed E-state index contributed by atoms with van der Waals surface area (Å²) in [5, 5.41) is 3.01. The highest BCUT2D eigenvalue weighted by Crippen LogP contribution is 2.35. The minimum atomic E-state index is -0.392. The number of benzene rings is 3. The largest absolute Gasteiger partial charge is 0.482 e. The molecular weight excluding hydrogens is 575 g/mol. The molecule has 0 unspecified atom stereocenters. The highest BCUT2D eigenvalue weighted by atomic mass is 79.9. The topological polar surface area (TPSA) is 75.7 Å². The Labute approximate surface area is 224 Å². The van der Waals surface area contributed by atoms with E-state index in [1.807, 2.05) is 24.3 Å². The van der Waals surface area contributed by atoms with Crippen LogP contribution in [0.5, 0.6) is 5.75 Å². The van der Waals surface area contributed by atoms with Crippen molar-refractivity contribution < 1.29 is 19.1 Å². The van der Waals surface area contributed by atoms with E-state index in [9.17, 15) is 14.4 Å². The van der Waals surface area contributed by atoms with E-state index >= 15 is 0 Å². The maximum Gasteiger partial charge on any atom is 0.293 e. The predicted octanol–water partition coefficient (Wildman–Crippen LogP) is 7.01. The molecule has 3 aromatic carbocycles. The van der Waals surface area contributed by atoms with Crippen LogP contribution in [0, 0.1) is 0 Å². The molecule has 0 bridgehead atoms. The molecule has 0 aliphatic carbocycles. The lowest BCUT2D eigenvalue weighted by molar-refractivity contribution is -0.123. The monoisotopic (exact) mass is 590 g/mol. The van der Waals surface area contributed by atoms with Crippen molar-refractivity contribution in [3.05, 3.63) is 97.3 Å². The third-order valence-electron chi connectivity index (χ3n) is 4.92. The van der Waals surface area contributed by atoms with Gasteiger partial charge in [-0.3, -0.25) is 19.3 Å². The SMILES string of the molecule is O=C(COc1ccc(/C=C2\SC(=O)N(Cc3ccccc3Br)C2=O)cc1Cl)Nc1ccccc1Cl. The molecule has 0 atom stereocenters. The first-order valence-corrected chi connectivity index (χ1v) is 12.6. The van der Waals surface area contributed by atoms with Gasteiger partial charge in [0.05, 0.1) is 27.2 Å². The Bertz CT molecular complexity index is 1350. The van der Waals surface area contributed by atoms with Gasteiger partial charge in [0.25, 0.3) is 17.1 Å². The zero-order valence-electron chi connectivity index (χ0n) is 18.0. The minimum absolute atomic E-state index is 0.174.